The van der Waals surface area contributed by atoms with Crippen LogP contribution in [0.1, 0.15) is 0 Å². The normalized spacial score (nSPS) is 10.7. The molecule has 90 valence electrons. The van der Waals surface area contributed by atoms with Crippen molar-refractivity contribution in [3.05, 3.63) is 47.5 Å². The van der Waals surface area contributed by atoms with E-state index in [1.807, 2.05) is 24.3 Å². The van der Waals surface area contributed by atoms with Crippen LogP contribution in [-0.2, 0) is 0 Å². The van der Waals surface area contributed by atoms with Gasteiger partial charge in [-0.15, -0.1) is 0 Å². The standard InChI is InChI=1S/C13H9ClN2OS/c14-8-5-9(15)7-10(6-8)17-13-16-11-3-1-2-4-12(11)18-13/h1-7H,15H2. The highest BCUT2D eigenvalue weighted by Gasteiger charge is 2.06. The lowest BCUT2D eigenvalue weighted by atomic mass is 10.3. The fraction of sp³-hybridized carbons (Fsp3) is 0. The van der Waals surface area contributed by atoms with Crippen LogP contribution in [0.4, 0.5) is 5.69 Å². The highest BCUT2D eigenvalue weighted by Crippen LogP contribution is 2.32. The van der Waals surface area contributed by atoms with Gasteiger partial charge in [0.05, 0.1) is 10.2 Å². The van der Waals surface area contributed by atoms with Gasteiger partial charge in [0.25, 0.3) is 5.19 Å². The van der Waals surface area contributed by atoms with Gasteiger partial charge in [-0.3, -0.25) is 0 Å². The SMILES string of the molecule is Nc1cc(Cl)cc(Oc2nc3ccccc3s2)c1. The number of rotatable bonds is 2. The van der Waals surface area contributed by atoms with Crippen LogP contribution in [0.3, 0.4) is 0 Å². The van der Waals surface area contributed by atoms with E-state index in [-0.39, 0.29) is 0 Å². The predicted octanol–water partition coefficient (Wildman–Crippen LogP) is 4.32. The number of halogens is 1. The lowest BCUT2D eigenvalue weighted by Crippen LogP contribution is -1.87. The smallest absolute Gasteiger partial charge is 0.279 e. The Bertz CT molecular complexity index is 658. The molecule has 1 aromatic heterocycles. The van der Waals surface area contributed by atoms with Gasteiger partial charge in [-0.05, 0) is 24.3 Å². The van der Waals surface area contributed by atoms with Crippen molar-refractivity contribution in [3.8, 4) is 10.9 Å². The third kappa shape index (κ3) is 2.25. The first kappa shape index (κ1) is 11.3. The summed E-state index contributed by atoms with van der Waals surface area (Å²) in [5.41, 5.74) is 7.20. The monoisotopic (exact) mass is 276 g/mol. The lowest BCUT2D eigenvalue weighted by Gasteiger charge is -2.03. The fourth-order valence-electron chi connectivity index (χ4n) is 1.64. The molecule has 2 N–H and O–H groups in total. The van der Waals surface area contributed by atoms with Gasteiger partial charge in [-0.1, -0.05) is 35.1 Å². The Morgan fingerprint density at radius 3 is 2.78 bits per heavy atom. The van der Waals surface area contributed by atoms with Crippen molar-refractivity contribution in [2.75, 3.05) is 5.73 Å². The molecule has 0 aliphatic heterocycles. The fourth-order valence-corrected chi connectivity index (χ4v) is 2.71. The second-order valence-electron chi connectivity index (χ2n) is 3.77. The molecule has 1 heterocycles. The molecule has 0 aliphatic carbocycles. The van der Waals surface area contributed by atoms with Crippen molar-refractivity contribution in [2.24, 2.45) is 0 Å². The number of nitrogen functional groups attached to an aromatic ring is 1. The van der Waals surface area contributed by atoms with Crippen molar-refractivity contribution in [3.63, 3.8) is 0 Å². The summed E-state index contributed by atoms with van der Waals surface area (Å²) < 4.78 is 6.75. The van der Waals surface area contributed by atoms with E-state index in [1.54, 1.807) is 18.2 Å². The molecular formula is C13H9ClN2OS. The Kier molecular flexibility index (Phi) is 2.81. The second kappa shape index (κ2) is 4.48. The van der Waals surface area contributed by atoms with Crippen molar-refractivity contribution >= 4 is 38.8 Å². The number of ether oxygens (including phenoxy) is 1. The number of thiazole rings is 1. The van der Waals surface area contributed by atoms with E-state index < -0.39 is 0 Å². The third-order valence-electron chi connectivity index (χ3n) is 2.37. The molecule has 0 saturated heterocycles. The summed E-state index contributed by atoms with van der Waals surface area (Å²) >= 11 is 7.40. The molecule has 0 unspecified atom stereocenters. The predicted molar refractivity (Wildman–Crippen MR) is 75.6 cm³/mol. The van der Waals surface area contributed by atoms with E-state index in [9.17, 15) is 0 Å². The molecule has 0 bridgehead atoms. The quantitative estimate of drug-likeness (QED) is 0.709. The zero-order valence-electron chi connectivity index (χ0n) is 9.26. The first-order valence-electron chi connectivity index (χ1n) is 5.30. The van der Waals surface area contributed by atoms with E-state index in [0.717, 1.165) is 10.2 Å². The second-order valence-corrected chi connectivity index (χ2v) is 5.20. The number of hydrogen-bond donors (Lipinski definition) is 1. The summed E-state index contributed by atoms with van der Waals surface area (Å²) in [4.78, 5) is 4.38. The number of benzene rings is 2. The minimum atomic E-state index is 0.547. The summed E-state index contributed by atoms with van der Waals surface area (Å²) in [6, 6.07) is 13.0. The molecule has 0 radical (unpaired) electrons. The molecule has 3 nitrogen and oxygen atoms in total. The largest absolute Gasteiger partial charge is 0.431 e. The van der Waals surface area contributed by atoms with Gasteiger partial charge in [0.1, 0.15) is 5.75 Å². The molecule has 18 heavy (non-hydrogen) atoms. The molecule has 0 amide bonds. The molecule has 0 spiro atoms. The van der Waals surface area contributed by atoms with Crippen LogP contribution in [0.2, 0.25) is 5.02 Å². The average molecular weight is 277 g/mol. The van der Waals surface area contributed by atoms with Gasteiger partial charge >= 0.3 is 0 Å². The van der Waals surface area contributed by atoms with Gasteiger partial charge in [-0.25, -0.2) is 4.98 Å². The van der Waals surface area contributed by atoms with Crippen LogP contribution < -0.4 is 10.5 Å². The van der Waals surface area contributed by atoms with Crippen molar-refractivity contribution in [2.45, 2.75) is 0 Å². The number of nitrogens with two attached hydrogens (primary N) is 1. The van der Waals surface area contributed by atoms with E-state index in [0.29, 0.717) is 21.7 Å². The zero-order valence-corrected chi connectivity index (χ0v) is 10.8. The van der Waals surface area contributed by atoms with Crippen LogP contribution in [0.15, 0.2) is 42.5 Å². The van der Waals surface area contributed by atoms with Crippen molar-refractivity contribution in [1.29, 1.82) is 0 Å². The minimum absolute atomic E-state index is 0.547. The Labute approximate surface area is 113 Å². The topological polar surface area (TPSA) is 48.1 Å². The van der Waals surface area contributed by atoms with Crippen LogP contribution in [0.5, 0.6) is 10.9 Å². The third-order valence-corrected chi connectivity index (χ3v) is 3.51. The first-order valence-corrected chi connectivity index (χ1v) is 6.50. The van der Waals surface area contributed by atoms with Crippen molar-refractivity contribution < 1.29 is 4.74 Å². The maximum Gasteiger partial charge on any atom is 0.279 e. The lowest BCUT2D eigenvalue weighted by molar-refractivity contribution is 0.480. The summed E-state index contributed by atoms with van der Waals surface area (Å²) in [5, 5.41) is 1.13. The highest BCUT2D eigenvalue weighted by atomic mass is 35.5. The number of fused-ring (bicyclic) bond motifs is 1. The molecule has 2 aromatic carbocycles. The van der Waals surface area contributed by atoms with E-state index in [2.05, 4.69) is 4.98 Å². The number of nitrogens with zero attached hydrogens (tertiary/aromatic N) is 1. The molecule has 0 fully saturated rings. The maximum absolute atomic E-state index is 5.92. The van der Waals surface area contributed by atoms with Crippen LogP contribution in [0, 0.1) is 0 Å². The number of anilines is 1. The highest BCUT2D eigenvalue weighted by molar-refractivity contribution is 7.20. The molecule has 5 heteroatoms. The Balaban J connectivity index is 1.96. The van der Waals surface area contributed by atoms with Gasteiger partial charge in [-0.2, -0.15) is 0 Å². The van der Waals surface area contributed by atoms with E-state index in [1.165, 1.54) is 11.3 Å². The van der Waals surface area contributed by atoms with E-state index in [4.69, 9.17) is 22.1 Å². The summed E-state index contributed by atoms with van der Waals surface area (Å²) in [7, 11) is 0. The van der Waals surface area contributed by atoms with Crippen LogP contribution in [0.25, 0.3) is 10.2 Å². The Hall–Kier alpha value is -1.78. The average Bonchev–Trinajstić information content (AvgIpc) is 2.69. The molecule has 0 aliphatic rings. The van der Waals surface area contributed by atoms with Gasteiger partial charge < -0.3 is 10.5 Å². The Morgan fingerprint density at radius 2 is 2.00 bits per heavy atom. The number of para-hydroxylation sites is 1. The zero-order chi connectivity index (χ0) is 12.5. The molecule has 3 aromatic rings. The number of aromatic nitrogens is 1. The van der Waals surface area contributed by atoms with E-state index >= 15 is 0 Å². The summed E-state index contributed by atoms with van der Waals surface area (Å²) in [6.07, 6.45) is 0. The van der Waals surface area contributed by atoms with Crippen LogP contribution in [-0.4, -0.2) is 4.98 Å². The summed E-state index contributed by atoms with van der Waals surface area (Å²) in [6.45, 7) is 0. The molecule has 0 atom stereocenters. The van der Waals surface area contributed by atoms with Crippen LogP contribution >= 0.6 is 22.9 Å². The van der Waals surface area contributed by atoms with Gasteiger partial charge in [0, 0.05) is 16.8 Å². The van der Waals surface area contributed by atoms with Gasteiger partial charge in [0.15, 0.2) is 0 Å². The molecular weight excluding hydrogens is 268 g/mol. The van der Waals surface area contributed by atoms with Crippen molar-refractivity contribution in [1.82, 2.24) is 4.98 Å². The molecule has 3 rings (SSSR count). The first-order chi connectivity index (χ1) is 8.70. The Morgan fingerprint density at radius 1 is 1.17 bits per heavy atom. The minimum Gasteiger partial charge on any atom is -0.431 e. The summed E-state index contributed by atoms with van der Waals surface area (Å²) in [5.74, 6) is 0.596. The molecule has 0 saturated carbocycles. The number of hydrogen-bond acceptors (Lipinski definition) is 4. The maximum atomic E-state index is 5.92. The van der Waals surface area contributed by atoms with Gasteiger partial charge in [0.2, 0.25) is 0 Å².